The normalized spacial score (nSPS) is 14.5. The van der Waals surface area contributed by atoms with E-state index in [1.54, 1.807) is 0 Å². The van der Waals surface area contributed by atoms with E-state index in [2.05, 4.69) is 65.6 Å². The number of piperidine rings is 1. The summed E-state index contributed by atoms with van der Waals surface area (Å²) >= 11 is 0. The van der Waals surface area contributed by atoms with Crippen molar-refractivity contribution in [2.75, 3.05) is 23.7 Å². The average molecular weight is 328 g/mol. The van der Waals surface area contributed by atoms with Crippen molar-refractivity contribution in [2.45, 2.75) is 19.3 Å². The minimum Gasteiger partial charge on any atom is -0.398 e. The Kier molecular flexibility index (Phi) is 4.43. The van der Waals surface area contributed by atoms with Crippen molar-refractivity contribution in [1.82, 2.24) is 0 Å². The number of hydrogen-bond acceptors (Lipinski definition) is 2. The minimum atomic E-state index is 0.859. The van der Waals surface area contributed by atoms with E-state index < -0.39 is 0 Å². The lowest BCUT2D eigenvalue weighted by atomic mass is 9.94. The molecular weight excluding hydrogens is 304 g/mol. The maximum Gasteiger partial charge on any atom is 0.0474 e. The van der Waals surface area contributed by atoms with Crippen LogP contribution in [0.15, 0.2) is 72.8 Å². The number of nitrogen functional groups attached to an aromatic ring is 1. The molecule has 0 unspecified atom stereocenters. The van der Waals surface area contributed by atoms with Crippen LogP contribution < -0.4 is 10.6 Å². The van der Waals surface area contributed by atoms with Crippen LogP contribution >= 0.6 is 0 Å². The fourth-order valence-electron chi connectivity index (χ4n) is 3.69. The van der Waals surface area contributed by atoms with Crippen molar-refractivity contribution >= 4 is 11.4 Å². The first-order chi connectivity index (χ1) is 12.3. The Morgan fingerprint density at radius 3 is 1.60 bits per heavy atom. The first-order valence-electron chi connectivity index (χ1n) is 9.12. The summed E-state index contributed by atoms with van der Waals surface area (Å²) in [7, 11) is 0. The van der Waals surface area contributed by atoms with Crippen LogP contribution in [0.2, 0.25) is 0 Å². The molecule has 0 radical (unpaired) electrons. The van der Waals surface area contributed by atoms with Gasteiger partial charge in [0.15, 0.2) is 0 Å². The van der Waals surface area contributed by atoms with Gasteiger partial charge in [0.25, 0.3) is 0 Å². The zero-order chi connectivity index (χ0) is 17.1. The zero-order valence-electron chi connectivity index (χ0n) is 14.5. The van der Waals surface area contributed by atoms with Crippen LogP contribution in [0.5, 0.6) is 0 Å². The van der Waals surface area contributed by atoms with E-state index in [0.717, 1.165) is 29.9 Å². The first kappa shape index (κ1) is 15.8. The topological polar surface area (TPSA) is 29.3 Å². The summed E-state index contributed by atoms with van der Waals surface area (Å²) in [6.07, 6.45) is 3.87. The summed E-state index contributed by atoms with van der Waals surface area (Å²) in [6, 6.07) is 25.5. The van der Waals surface area contributed by atoms with E-state index in [0.29, 0.717) is 0 Å². The molecule has 25 heavy (non-hydrogen) atoms. The first-order valence-corrected chi connectivity index (χ1v) is 9.12. The smallest absolute Gasteiger partial charge is 0.0474 e. The molecule has 0 saturated carbocycles. The molecule has 1 aliphatic rings. The van der Waals surface area contributed by atoms with Gasteiger partial charge in [-0.05, 0) is 42.5 Å². The highest BCUT2D eigenvalue weighted by atomic mass is 15.1. The quantitative estimate of drug-likeness (QED) is 0.635. The molecule has 2 heteroatoms. The molecule has 0 aliphatic carbocycles. The van der Waals surface area contributed by atoms with Crippen molar-refractivity contribution in [1.29, 1.82) is 0 Å². The second-order valence-corrected chi connectivity index (χ2v) is 6.73. The lowest BCUT2D eigenvalue weighted by Gasteiger charge is -2.30. The molecule has 4 rings (SSSR count). The summed E-state index contributed by atoms with van der Waals surface area (Å²) in [5.41, 5.74) is 13.4. The average Bonchev–Trinajstić information content (AvgIpc) is 2.70. The van der Waals surface area contributed by atoms with Gasteiger partial charge in [0, 0.05) is 35.6 Å². The third-order valence-electron chi connectivity index (χ3n) is 5.06. The van der Waals surface area contributed by atoms with Gasteiger partial charge >= 0.3 is 0 Å². The van der Waals surface area contributed by atoms with Gasteiger partial charge in [0.1, 0.15) is 0 Å². The molecule has 126 valence electrons. The molecular formula is C23H24N2. The van der Waals surface area contributed by atoms with Gasteiger partial charge < -0.3 is 10.6 Å². The van der Waals surface area contributed by atoms with E-state index in [9.17, 15) is 0 Å². The summed E-state index contributed by atoms with van der Waals surface area (Å²) < 4.78 is 0. The molecule has 1 aliphatic heterocycles. The van der Waals surface area contributed by atoms with Gasteiger partial charge in [-0.25, -0.2) is 0 Å². The molecule has 0 amide bonds. The van der Waals surface area contributed by atoms with Gasteiger partial charge in [0.05, 0.1) is 0 Å². The maximum atomic E-state index is 6.63. The van der Waals surface area contributed by atoms with Crippen LogP contribution in [0.1, 0.15) is 19.3 Å². The van der Waals surface area contributed by atoms with E-state index >= 15 is 0 Å². The van der Waals surface area contributed by atoms with Gasteiger partial charge in [-0.2, -0.15) is 0 Å². The Balaban J connectivity index is 1.88. The predicted molar refractivity (Wildman–Crippen MR) is 108 cm³/mol. The van der Waals surface area contributed by atoms with Crippen LogP contribution in [-0.4, -0.2) is 13.1 Å². The molecule has 1 fully saturated rings. The Hall–Kier alpha value is -2.74. The van der Waals surface area contributed by atoms with Crippen LogP contribution in [-0.2, 0) is 0 Å². The van der Waals surface area contributed by atoms with Crippen molar-refractivity contribution in [3.05, 3.63) is 72.8 Å². The highest BCUT2D eigenvalue weighted by Crippen LogP contribution is 2.39. The van der Waals surface area contributed by atoms with Crippen LogP contribution in [0.25, 0.3) is 22.3 Å². The second-order valence-electron chi connectivity index (χ2n) is 6.73. The Morgan fingerprint density at radius 2 is 1.12 bits per heavy atom. The lowest BCUT2D eigenvalue weighted by Crippen LogP contribution is -2.29. The highest BCUT2D eigenvalue weighted by molar-refractivity contribution is 5.92. The molecule has 1 saturated heterocycles. The minimum absolute atomic E-state index is 0.859. The molecule has 1 heterocycles. The standard InChI is InChI=1S/C23H24N2/c24-23-21(18-10-4-1-5-11-18)16-20(25-14-8-3-9-15-25)17-22(23)19-12-6-2-7-13-19/h1-2,4-7,10-13,16-17H,3,8-9,14-15,24H2. The van der Waals surface area contributed by atoms with Crippen molar-refractivity contribution in [3.63, 3.8) is 0 Å². The fourth-order valence-corrected chi connectivity index (χ4v) is 3.69. The van der Waals surface area contributed by atoms with E-state index in [4.69, 9.17) is 5.73 Å². The number of anilines is 2. The van der Waals surface area contributed by atoms with Gasteiger partial charge in [0.2, 0.25) is 0 Å². The van der Waals surface area contributed by atoms with Gasteiger partial charge in [-0.1, -0.05) is 60.7 Å². The van der Waals surface area contributed by atoms with Gasteiger partial charge in [-0.15, -0.1) is 0 Å². The Bertz CT molecular complexity index is 774. The number of nitrogens with zero attached hydrogens (tertiary/aromatic N) is 1. The molecule has 3 aromatic carbocycles. The highest BCUT2D eigenvalue weighted by Gasteiger charge is 2.16. The Labute approximate surface area is 149 Å². The number of benzene rings is 3. The van der Waals surface area contributed by atoms with Crippen molar-refractivity contribution in [3.8, 4) is 22.3 Å². The van der Waals surface area contributed by atoms with Crippen molar-refractivity contribution < 1.29 is 0 Å². The molecule has 0 bridgehead atoms. The third kappa shape index (κ3) is 3.25. The largest absolute Gasteiger partial charge is 0.398 e. The van der Waals surface area contributed by atoms with Crippen LogP contribution in [0.4, 0.5) is 11.4 Å². The van der Waals surface area contributed by atoms with E-state index in [-0.39, 0.29) is 0 Å². The predicted octanol–water partition coefficient (Wildman–Crippen LogP) is 5.59. The summed E-state index contributed by atoms with van der Waals surface area (Å²) in [5.74, 6) is 0. The monoisotopic (exact) mass is 328 g/mol. The molecule has 0 atom stereocenters. The summed E-state index contributed by atoms with van der Waals surface area (Å²) in [6.45, 7) is 2.26. The molecule has 3 aromatic rings. The Morgan fingerprint density at radius 1 is 0.640 bits per heavy atom. The summed E-state index contributed by atoms with van der Waals surface area (Å²) in [4.78, 5) is 2.50. The van der Waals surface area contributed by atoms with Crippen molar-refractivity contribution in [2.24, 2.45) is 0 Å². The second kappa shape index (κ2) is 7.02. The fraction of sp³-hybridized carbons (Fsp3) is 0.217. The molecule has 2 N–H and O–H groups in total. The van der Waals surface area contributed by atoms with Crippen LogP contribution in [0.3, 0.4) is 0 Å². The molecule has 0 spiro atoms. The van der Waals surface area contributed by atoms with Crippen LogP contribution in [0, 0.1) is 0 Å². The number of hydrogen-bond donors (Lipinski definition) is 1. The molecule has 2 nitrogen and oxygen atoms in total. The van der Waals surface area contributed by atoms with E-state index in [1.165, 1.54) is 36.1 Å². The lowest BCUT2D eigenvalue weighted by molar-refractivity contribution is 0.578. The zero-order valence-corrected chi connectivity index (χ0v) is 14.5. The molecule has 0 aromatic heterocycles. The third-order valence-corrected chi connectivity index (χ3v) is 5.06. The maximum absolute atomic E-state index is 6.63. The van der Waals surface area contributed by atoms with E-state index in [1.807, 2.05) is 12.1 Å². The summed E-state index contributed by atoms with van der Waals surface area (Å²) in [5, 5.41) is 0. The van der Waals surface area contributed by atoms with Gasteiger partial charge in [-0.3, -0.25) is 0 Å². The SMILES string of the molecule is Nc1c(-c2ccccc2)cc(N2CCCCC2)cc1-c1ccccc1. The number of rotatable bonds is 3. The number of nitrogens with two attached hydrogens (primary N) is 1.